The molecule has 0 unspecified atom stereocenters. The zero-order chi connectivity index (χ0) is 14.0. The summed E-state index contributed by atoms with van der Waals surface area (Å²) >= 11 is 0. The molecule has 0 fully saturated rings. The number of aromatic nitrogens is 2. The summed E-state index contributed by atoms with van der Waals surface area (Å²) in [5.74, 6) is 0.119. The molecule has 1 aromatic carbocycles. The van der Waals surface area contributed by atoms with Gasteiger partial charge in [0.1, 0.15) is 5.82 Å². The maximum absolute atomic E-state index is 10.7. The van der Waals surface area contributed by atoms with Crippen LogP contribution in [0.4, 0.5) is 0 Å². The second-order valence-corrected chi connectivity index (χ2v) is 4.74. The molecule has 2 aromatic rings. The van der Waals surface area contributed by atoms with Gasteiger partial charge >= 0.3 is 5.97 Å². The molecule has 0 saturated carbocycles. The number of carboxylic acids is 1. The lowest BCUT2D eigenvalue weighted by Crippen LogP contribution is -2.04. The molecule has 0 spiro atoms. The number of aliphatic carboxylic acids is 1. The van der Waals surface area contributed by atoms with Gasteiger partial charge in [0, 0.05) is 18.3 Å². The van der Waals surface area contributed by atoms with E-state index < -0.39 is 5.97 Å². The Balaban J connectivity index is 2.41. The summed E-state index contributed by atoms with van der Waals surface area (Å²) in [4.78, 5) is 15.3. The Morgan fingerprint density at radius 3 is 2.63 bits per heavy atom. The van der Waals surface area contributed by atoms with Crippen molar-refractivity contribution in [1.82, 2.24) is 9.55 Å². The first-order chi connectivity index (χ1) is 9.00. The topological polar surface area (TPSA) is 55.1 Å². The molecule has 100 valence electrons. The van der Waals surface area contributed by atoms with Gasteiger partial charge in [-0.1, -0.05) is 24.3 Å². The van der Waals surface area contributed by atoms with E-state index in [0.717, 1.165) is 22.8 Å². The highest BCUT2D eigenvalue weighted by molar-refractivity contribution is 5.67. The standard InChI is InChI=1S/C15H18N2O2/c1-10-6-4-5-7-12(10)15-16-11(2)13(17(15)3)8-9-14(18)19/h4-7H,8-9H2,1-3H3,(H,18,19). The molecule has 0 atom stereocenters. The fourth-order valence-electron chi connectivity index (χ4n) is 2.31. The first-order valence-corrected chi connectivity index (χ1v) is 6.30. The Hall–Kier alpha value is -2.10. The second kappa shape index (κ2) is 5.26. The van der Waals surface area contributed by atoms with Crippen LogP contribution in [0.25, 0.3) is 11.4 Å². The molecule has 0 bridgehead atoms. The number of aryl methyl sites for hydroxylation is 2. The van der Waals surface area contributed by atoms with Gasteiger partial charge in [-0.15, -0.1) is 0 Å². The molecular weight excluding hydrogens is 240 g/mol. The predicted octanol–water partition coefficient (Wildman–Crippen LogP) is 2.72. The number of hydrogen-bond acceptors (Lipinski definition) is 2. The van der Waals surface area contributed by atoms with Crippen LogP contribution < -0.4 is 0 Å². The molecule has 0 radical (unpaired) electrons. The monoisotopic (exact) mass is 258 g/mol. The summed E-state index contributed by atoms with van der Waals surface area (Å²) in [5, 5.41) is 8.79. The van der Waals surface area contributed by atoms with E-state index in [-0.39, 0.29) is 6.42 Å². The summed E-state index contributed by atoms with van der Waals surface area (Å²) in [6.45, 7) is 3.98. The highest BCUT2D eigenvalue weighted by Crippen LogP contribution is 2.24. The zero-order valence-corrected chi connectivity index (χ0v) is 11.5. The maximum atomic E-state index is 10.7. The smallest absolute Gasteiger partial charge is 0.303 e. The number of rotatable bonds is 4. The van der Waals surface area contributed by atoms with Gasteiger partial charge in [0.2, 0.25) is 0 Å². The van der Waals surface area contributed by atoms with Crippen LogP contribution in [-0.4, -0.2) is 20.6 Å². The summed E-state index contributed by atoms with van der Waals surface area (Å²) in [5.41, 5.74) is 4.15. The van der Waals surface area contributed by atoms with Crippen LogP contribution in [0, 0.1) is 13.8 Å². The molecule has 1 heterocycles. The van der Waals surface area contributed by atoms with Crippen LogP contribution in [0.5, 0.6) is 0 Å². The number of nitrogens with zero attached hydrogens (tertiary/aromatic N) is 2. The van der Waals surface area contributed by atoms with Gasteiger partial charge in [0.05, 0.1) is 12.1 Å². The van der Waals surface area contributed by atoms with Crippen LogP contribution in [0.3, 0.4) is 0 Å². The highest BCUT2D eigenvalue weighted by atomic mass is 16.4. The SMILES string of the molecule is Cc1ccccc1-c1nc(C)c(CCC(=O)O)n1C. The summed E-state index contributed by atoms with van der Waals surface area (Å²) < 4.78 is 2.00. The van der Waals surface area contributed by atoms with Crippen molar-refractivity contribution in [1.29, 1.82) is 0 Å². The van der Waals surface area contributed by atoms with E-state index in [1.54, 1.807) is 0 Å². The van der Waals surface area contributed by atoms with Gasteiger partial charge in [-0.3, -0.25) is 4.79 Å². The van der Waals surface area contributed by atoms with Crippen LogP contribution in [0.2, 0.25) is 0 Å². The number of hydrogen-bond donors (Lipinski definition) is 1. The Morgan fingerprint density at radius 1 is 1.32 bits per heavy atom. The van der Waals surface area contributed by atoms with Crippen molar-refractivity contribution >= 4 is 5.97 Å². The molecule has 2 rings (SSSR count). The minimum absolute atomic E-state index is 0.133. The lowest BCUT2D eigenvalue weighted by Gasteiger charge is -2.07. The van der Waals surface area contributed by atoms with Crippen LogP contribution in [0.15, 0.2) is 24.3 Å². The fourth-order valence-corrected chi connectivity index (χ4v) is 2.31. The third-order valence-electron chi connectivity index (χ3n) is 3.38. The van der Waals surface area contributed by atoms with Crippen molar-refractivity contribution in [2.24, 2.45) is 7.05 Å². The molecular formula is C15H18N2O2. The van der Waals surface area contributed by atoms with Crippen LogP contribution in [-0.2, 0) is 18.3 Å². The molecule has 1 aromatic heterocycles. The summed E-state index contributed by atoms with van der Waals surface area (Å²) in [6.07, 6.45) is 0.643. The number of carbonyl (C=O) groups is 1. The molecule has 19 heavy (non-hydrogen) atoms. The molecule has 4 nitrogen and oxygen atoms in total. The van der Waals surface area contributed by atoms with Crippen molar-refractivity contribution in [3.05, 3.63) is 41.2 Å². The van der Waals surface area contributed by atoms with E-state index in [0.29, 0.717) is 6.42 Å². The molecule has 4 heteroatoms. The van der Waals surface area contributed by atoms with Gasteiger partial charge in [-0.25, -0.2) is 4.98 Å². The maximum Gasteiger partial charge on any atom is 0.303 e. The third kappa shape index (κ3) is 2.67. The van der Waals surface area contributed by atoms with E-state index in [1.807, 2.05) is 36.7 Å². The Kier molecular flexibility index (Phi) is 3.69. The van der Waals surface area contributed by atoms with Gasteiger partial charge in [0.15, 0.2) is 0 Å². The second-order valence-electron chi connectivity index (χ2n) is 4.74. The Labute approximate surface area is 112 Å². The quantitative estimate of drug-likeness (QED) is 0.917. The fraction of sp³-hybridized carbons (Fsp3) is 0.333. The predicted molar refractivity (Wildman–Crippen MR) is 74.1 cm³/mol. The highest BCUT2D eigenvalue weighted by Gasteiger charge is 2.15. The van der Waals surface area contributed by atoms with Gasteiger partial charge in [0.25, 0.3) is 0 Å². The van der Waals surface area contributed by atoms with Crippen molar-refractivity contribution in [3.8, 4) is 11.4 Å². The van der Waals surface area contributed by atoms with Crippen molar-refractivity contribution in [3.63, 3.8) is 0 Å². The molecule has 0 amide bonds. The Morgan fingerprint density at radius 2 is 2.00 bits per heavy atom. The van der Waals surface area contributed by atoms with Gasteiger partial charge < -0.3 is 9.67 Å². The van der Waals surface area contributed by atoms with E-state index in [2.05, 4.69) is 18.0 Å². The normalized spacial score (nSPS) is 10.7. The minimum Gasteiger partial charge on any atom is -0.481 e. The number of carboxylic acid groups (broad SMARTS) is 1. The number of benzene rings is 1. The van der Waals surface area contributed by atoms with Crippen molar-refractivity contribution in [2.75, 3.05) is 0 Å². The van der Waals surface area contributed by atoms with Gasteiger partial charge in [-0.05, 0) is 25.8 Å². The van der Waals surface area contributed by atoms with E-state index >= 15 is 0 Å². The van der Waals surface area contributed by atoms with Crippen LogP contribution >= 0.6 is 0 Å². The largest absolute Gasteiger partial charge is 0.481 e. The molecule has 0 aliphatic rings. The van der Waals surface area contributed by atoms with Crippen molar-refractivity contribution < 1.29 is 9.90 Å². The average Bonchev–Trinajstić information content (AvgIpc) is 2.63. The summed E-state index contributed by atoms with van der Waals surface area (Å²) in [7, 11) is 1.94. The Bertz CT molecular complexity index is 615. The number of imidazole rings is 1. The average molecular weight is 258 g/mol. The van der Waals surface area contributed by atoms with Crippen molar-refractivity contribution in [2.45, 2.75) is 26.7 Å². The molecule has 1 N–H and O–H groups in total. The van der Waals surface area contributed by atoms with E-state index in [4.69, 9.17) is 5.11 Å². The first-order valence-electron chi connectivity index (χ1n) is 6.30. The van der Waals surface area contributed by atoms with E-state index in [9.17, 15) is 4.79 Å². The molecule has 0 aliphatic carbocycles. The lowest BCUT2D eigenvalue weighted by atomic mass is 10.1. The lowest BCUT2D eigenvalue weighted by molar-refractivity contribution is -0.136. The molecule has 0 aliphatic heterocycles. The zero-order valence-electron chi connectivity index (χ0n) is 11.5. The summed E-state index contributed by atoms with van der Waals surface area (Å²) in [6, 6.07) is 8.08. The van der Waals surface area contributed by atoms with E-state index in [1.165, 1.54) is 5.56 Å². The van der Waals surface area contributed by atoms with Crippen LogP contribution in [0.1, 0.15) is 23.4 Å². The first kappa shape index (κ1) is 13.3. The minimum atomic E-state index is -0.780. The van der Waals surface area contributed by atoms with Gasteiger partial charge in [-0.2, -0.15) is 0 Å². The third-order valence-corrected chi connectivity index (χ3v) is 3.38. The molecule has 0 saturated heterocycles.